The average molecular weight is 459 g/mol. The topological polar surface area (TPSA) is 87.5 Å². The number of aliphatic carboxylic acids is 1. The molecule has 0 spiro atoms. The first-order chi connectivity index (χ1) is 14.6. The summed E-state index contributed by atoms with van der Waals surface area (Å²) in [7, 11) is 0. The first kappa shape index (κ1) is 23.3. The molecule has 1 fully saturated rings. The van der Waals surface area contributed by atoms with Gasteiger partial charge in [-0.3, -0.25) is 14.4 Å². The van der Waals surface area contributed by atoms with Gasteiger partial charge in [-0.05, 0) is 44.4 Å². The van der Waals surface area contributed by atoms with E-state index in [0.717, 1.165) is 45.4 Å². The molecule has 2 aliphatic rings. The molecule has 1 aliphatic heterocycles. The van der Waals surface area contributed by atoms with Crippen LogP contribution in [-0.4, -0.2) is 50.9 Å². The number of aryl methyl sites for hydroxylation is 1. The van der Waals surface area contributed by atoms with Gasteiger partial charge in [0.15, 0.2) is 0 Å². The number of carboxylic acids is 1. The van der Waals surface area contributed by atoms with Crippen LogP contribution in [0, 0.1) is 12.8 Å². The van der Waals surface area contributed by atoms with Crippen LogP contribution in [-0.2, 0) is 22.7 Å². The van der Waals surface area contributed by atoms with Crippen LogP contribution in [0.1, 0.15) is 40.8 Å². The summed E-state index contributed by atoms with van der Waals surface area (Å²) < 4.78 is 33.9. The molecular formula is C20H25F3N4O3S. The Kier molecular flexibility index (Phi) is 7.37. The molecule has 1 amide bonds. The SMILES string of the molecule is Cc1ccc(CN2Cc3ccnn3C(CCNC(=O)C3CC3)C2)s1.O=C(O)C(F)(F)F. The number of thiophene rings is 1. The zero-order valence-corrected chi connectivity index (χ0v) is 17.9. The van der Waals surface area contributed by atoms with Crippen molar-refractivity contribution in [3.63, 3.8) is 0 Å². The average Bonchev–Trinajstić information content (AvgIpc) is 3.30. The van der Waals surface area contributed by atoms with Gasteiger partial charge in [0.2, 0.25) is 5.91 Å². The third-order valence-electron chi connectivity index (χ3n) is 5.10. The summed E-state index contributed by atoms with van der Waals surface area (Å²) in [6.07, 6.45) is -0.129. The van der Waals surface area contributed by atoms with Crippen LogP contribution in [0.4, 0.5) is 13.2 Å². The van der Waals surface area contributed by atoms with Crippen molar-refractivity contribution in [2.45, 2.75) is 51.5 Å². The van der Waals surface area contributed by atoms with E-state index in [1.807, 2.05) is 17.5 Å². The lowest BCUT2D eigenvalue weighted by Gasteiger charge is -2.33. The molecule has 1 saturated carbocycles. The highest BCUT2D eigenvalue weighted by Gasteiger charge is 2.38. The van der Waals surface area contributed by atoms with E-state index in [-0.39, 0.29) is 11.8 Å². The first-order valence-electron chi connectivity index (χ1n) is 10.0. The number of carboxylic acid groups (broad SMARTS) is 1. The Bertz CT molecular complexity index is 908. The number of amides is 1. The summed E-state index contributed by atoms with van der Waals surface area (Å²) in [6, 6.07) is 6.88. The summed E-state index contributed by atoms with van der Waals surface area (Å²) in [5.74, 6) is -2.24. The molecule has 2 aromatic rings. The van der Waals surface area contributed by atoms with Gasteiger partial charge in [-0.2, -0.15) is 18.3 Å². The van der Waals surface area contributed by atoms with Gasteiger partial charge in [0, 0.05) is 48.0 Å². The molecule has 1 atom stereocenters. The highest BCUT2D eigenvalue weighted by Crippen LogP contribution is 2.29. The smallest absolute Gasteiger partial charge is 0.475 e. The molecule has 31 heavy (non-hydrogen) atoms. The molecule has 0 aromatic carbocycles. The van der Waals surface area contributed by atoms with E-state index in [4.69, 9.17) is 9.90 Å². The van der Waals surface area contributed by atoms with Crippen LogP contribution in [0.3, 0.4) is 0 Å². The van der Waals surface area contributed by atoms with E-state index in [2.05, 4.69) is 45.1 Å². The van der Waals surface area contributed by atoms with Crippen molar-refractivity contribution in [2.24, 2.45) is 5.92 Å². The Labute approximate surface area is 181 Å². The van der Waals surface area contributed by atoms with Gasteiger partial charge in [-0.25, -0.2) is 4.79 Å². The fraction of sp³-hybridized carbons (Fsp3) is 0.550. The first-order valence-corrected chi connectivity index (χ1v) is 10.8. The predicted molar refractivity (Wildman–Crippen MR) is 108 cm³/mol. The van der Waals surface area contributed by atoms with Crippen LogP contribution in [0.15, 0.2) is 24.4 Å². The van der Waals surface area contributed by atoms with Crippen molar-refractivity contribution in [3.8, 4) is 0 Å². The fourth-order valence-corrected chi connectivity index (χ4v) is 4.37. The lowest BCUT2D eigenvalue weighted by Crippen LogP contribution is -2.39. The van der Waals surface area contributed by atoms with Crippen LogP contribution in [0.2, 0.25) is 0 Å². The molecule has 7 nitrogen and oxygen atoms in total. The number of aromatic nitrogens is 2. The maximum absolute atomic E-state index is 11.8. The highest BCUT2D eigenvalue weighted by molar-refractivity contribution is 7.11. The van der Waals surface area contributed by atoms with Crippen molar-refractivity contribution in [1.82, 2.24) is 20.0 Å². The van der Waals surface area contributed by atoms with Crippen LogP contribution >= 0.6 is 11.3 Å². The zero-order valence-electron chi connectivity index (χ0n) is 17.1. The molecule has 4 rings (SSSR count). The van der Waals surface area contributed by atoms with Crippen molar-refractivity contribution < 1.29 is 27.9 Å². The predicted octanol–water partition coefficient (Wildman–Crippen LogP) is 3.36. The minimum Gasteiger partial charge on any atom is -0.475 e. The normalized spacial score (nSPS) is 18.6. The third kappa shape index (κ3) is 6.79. The number of hydrogen-bond donors (Lipinski definition) is 2. The summed E-state index contributed by atoms with van der Waals surface area (Å²) in [6.45, 7) is 5.83. The molecule has 1 aliphatic carbocycles. The van der Waals surface area contributed by atoms with E-state index < -0.39 is 12.1 Å². The second-order valence-corrected chi connectivity index (χ2v) is 9.13. The largest absolute Gasteiger partial charge is 0.490 e. The van der Waals surface area contributed by atoms with Crippen LogP contribution < -0.4 is 5.32 Å². The van der Waals surface area contributed by atoms with Crippen molar-refractivity contribution in [3.05, 3.63) is 39.8 Å². The Morgan fingerprint density at radius 2 is 2.00 bits per heavy atom. The standard InChI is InChI=1S/C18H24N4OS.C2HF3O2/c1-13-2-5-17(24-13)12-21-10-15(22-16(11-21)7-9-20-22)6-8-19-18(23)14-3-4-14;3-2(4,5)1(6)7/h2,5,7,9,14-15H,3-4,6,8,10-12H2,1H3,(H,19,23);(H,6,7). The van der Waals surface area contributed by atoms with Crippen LogP contribution in [0.5, 0.6) is 0 Å². The lowest BCUT2D eigenvalue weighted by molar-refractivity contribution is -0.192. The molecule has 170 valence electrons. The van der Waals surface area contributed by atoms with Gasteiger partial charge >= 0.3 is 12.1 Å². The monoisotopic (exact) mass is 458 g/mol. The summed E-state index contributed by atoms with van der Waals surface area (Å²) in [5.41, 5.74) is 1.27. The van der Waals surface area contributed by atoms with Gasteiger partial charge in [-0.1, -0.05) is 0 Å². The number of nitrogens with zero attached hydrogens (tertiary/aromatic N) is 3. The van der Waals surface area contributed by atoms with E-state index in [0.29, 0.717) is 6.04 Å². The minimum absolute atomic E-state index is 0.234. The number of halogens is 3. The van der Waals surface area contributed by atoms with Crippen molar-refractivity contribution in [1.29, 1.82) is 0 Å². The lowest BCUT2D eigenvalue weighted by atomic mass is 10.1. The van der Waals surface area contributed by atoms with Crippen molar-refractivity contribution >= 4 is 23.2 Å². The Hall–Kier alpha value is -2.40. The molecule has 1 unspecified atom stereocenters. The molecular weight excluding hydrogens is 433 g/mol. The van der Waals surface area contributed by atoms with Gasteiger partial charge in [-0.15, -0.1) is 11.3 Å². The number of carbonyl (C=O) groups excluding carboxylic acids is 1. The minimum atomic E-state index is -5.08. The number of carbonyl (C=O) groups is 2. The molecule has 0 saturated heterocycles. The number of hydrogen-bond acceptors (Lipinski definition) is 5. The van der Waals surface area contributed by atoms with E-state index >= 15 is 0 Å². The maximum Gasteiger partial charge on any atom is 0.490 e. The van der Waals surface area contributed by atoms with E-state index in [1.165, 1.54) is 15.4 Å². The van der Waals surface area contributed by atoms with E-state index in [9.17, 15) is 18.0 Å². The van der Waals surface area contributed by atoms with Crippen LogP contribution in [0.25, 0.3) is 0 Å². The summed E-state index contributed by atoms with van der Waals surface area (Å²) in [5, 5.41) is 14.7. The Balaban J connectivity index is 0.000000339. The van der Waals surface area contributed by atoms with Gasteiger partial charge < -0.3 is 10.4 Å². The molecule has 11 heteroatoms. The van der Waals surface area contributed by atoms with Crippen molar-refractivity contribution in [2.75, 3.05) is 13.1 Å². The number of fused-ring (bicyclic) bond motifs is 1. The summed E-state index contributed by atoms with van der Waals surface area (Å²) >= 11 is 1.88. The molecule has 2 N–H and O–H groups in total. The number of alkyl halides is 3. The number of rotatable bonds is 6. The molecule has 0 radical (unpaired) electrons. The fourth-order valence-electron chi connectivity index (χ4n) is 3.44. The summed E-state index contributed by atoms with van der Waals surface area (Å²) in [4.78, 5) is 26.0. The third-order valence-corrected chi connectivity index (χ3v) is 6.08. The molecule has 3 heterocycles. The number of nitrogens with one attached hydrogen (secondary N) is 1. The highest BCUT2D eigenvalue weighted by atomic mass is 32.1. The van der Waals surface area contributed by atoms with Gasteiger partial charge in [0.05, 0.1) is 11.7 Å². The van der Waals surface area contributed by atoms with Gasteiger partial charge in [0.1, 0.15) is 0 Å². The molecule has 2 aromatic heterocycles. The second-order valence-electron chi connectivity index (χ2n) is 7.76. The molecule has 0 bridgehead atoms. The van der Waals surface area contributed by atoms with E-state index in [1.54, 1.807) is 0 Å². The quantitative estimate of drug-likeness (QED) is 0.693. The zero-order chi connectivity index (χ0) is 22.6. The Morgan fingerprint density at radius 3 is 2.58 bits per heavy atom. The maximum atomic E-state index is 11.8. The Morgan fingerprint density at radius 1 is 1.29 bits per heavy atom. The second kappa shape index (κ2) is 9.82. The van der Waals surface area contributed by atoms with Gasteiger partial charge in [0.25, 0.3) is 0 Å².